The largest absolute Gasteiger partial charge is 0.479 e. The first-order valence-electron chi connectivity index (χ1n) is 28.6. The monoisotopic (exact) mass is 1020 g/mol. The van der Waals surface area contributed by atoms with Crippen molar-refractivity contribution in [3.8, 4) is 0 Å². The molecule has 416 valence electrons. The van der Waals surface area contributed by atoms with Crippen LogP contribution in [0.15, 0.2) is 85.1 Å². The molecule has 1 heterocycles. The van der Waals surface area contributed by atoms with Gasteiger partial charge in [-0.3, -0.25) is 14.4 Å². The van der Waals surface area contributed by atoms with Crippen LogP contribution in [0.5, 0.6) is 0 Å². The van der Waals surface area contributed by atoms with Crippen molar-refractivity contribution in [2.24, 2.45) is 0 Å². The zero-order chi connectivity index (χ0) is 53.3. The highest BCUT2D eigenvalue weighted by Crippen LogP contribution is 2.26. The molecule has 6 atom stereocenters. The van der Waals surface area contributed by atoms with Crippen molar-refractivity contribution >= 4 is 23.9 Å². The molecule has 1 rings (SSSR count). The second-order valence-corrected chi connectivity index (χ2v) is 19.2. The van der Waals surface area contributed by atoms with E-state index < -0.39 is 67.3 Å². The Balaban J connectivity index is 2.70. The number of aliphatic carboxylic acids is 1. The van der Waals surface area contributed by atoms with Gasteiger partial charge in [-0.15, -0.1) is 0 Å². The predicted molar refractivity (Wildman–Crippen MR) is 294 cm³/mol. The Morgan fingerprint density at radius 1 is 0.466 bits per heavy atom. The van der Waals surface area contributed by atoms with Crippen molar-refractivity contribution in [1.29, 1.82) is 0 Å². The number of hydrogen-bond acceptors (Lipinski definition) is 11. The Labute approximate surface area is 441 Å². The molecule has 0 amide bonds. The molecule has 12 nitrogen and oxygen atoms in total. The highest BCUT2D eigenvalue weighted by atomic mass is 16.7. The lowest BCUT2D eigenvalue weighted by atomic mass is 9.98. The molecular weight excluding hydrogens is 925 g/mol. The fourth-order valence-electron chi connectivity index (χ4n) is 8.02. The van der Waals surface area contributed by atoms with Gasteiger partial charge < -0.3 is 39.0 Å². The van der Waals surface area contributed by atoms with E-state index in [1.54, 1.807) is 0 Å². The summed E-state index contributed by atoms with van der Waals surface area (Å²) in [5, 5.41) is 31.4. The number of esters is 3. The van der Waals surface area contributed by atoms with Crippen LogP contribution < -0.4 is 0 Å². The van der Waals surface area contributed by atoms with E-state index in [2.05, 4.69) is 106 Å². The van der Waals surface area contributed by atoms with Gasteiger partial charge in [0.05, 0.1) is 6.61 Å². The van der Waals surface area contributed by atoms with Gasteiger partial charge in [0.1, 0.15) is 18.8 Å². The summed E-state index contributed by atoms with van der Waals surface area (Å²) in [5.41, 5.74) is 0. The zero-order valence-electron chi connectivity index (χ0n) is 45.6. The van der Waals surface area contributed by atoms with Crippen LogP contribution in [-0.4, -0.2) is 89.2 Å². The lowest BCUT2D eigenvalue weighted by Crippen LogP contribution is -2.61. The number of hydrogen-bond donors (Lipinski definition) is 3. The Hall–Kier alpha value is -4.10. The first kappa shape index (κ1) is 66.9. The molecule has 0 aromatic rings. The molecule has 0 saturated carbocycles. The van der Waals surface area contributed by atoms with Crippen LogP contribution in [-0.2, 0) is 42.9 Å². The Bertz CT molecular complexity index is 1590. The van der Waals surface area contributed by atoms with Gasteiger partial charge in [-0.25, -0.2) is 4.79 Å². The van der Waals surface area contributed by atoms with E-state index in [-0.39, 0.29) is 25.9 Å². The molecular formula is C61H100O12. The third-order valence-corrected chi connectivity index (χ3v) is 12.4. The van der Waals surface area contributed by atoms with Gasteiger partial charge in [0.15, 0.2) is 24.6 Å². The normalized spacial score (nSPS) is 18.9. The molecule has 6 unspecified atom stereocenters. The van der Waals surface area contributed by atoms with Crippen molar-refractivity contribution in [3.63, 3.8) is 0 Å². The first-order valence-corrected chi connectivity index (χ1v) is 28.6. The van der Waals surface area contributed by atoms with Crippen LogP contribution in [0.3, 0.4) is 0 Å². The summed E-state index contributed by atoms with van der Waals surface area (Å²) < 4.78 is 28.3. The third-order valence-electron chi connectivity index (χ3n) is 12.4. The number of aliphatic hydroxyl groups is 2. The van der Waals surface area contributed by atoms with Crippen molar-refractivity contribution in [2.75, 3.05) is 13.2 Å². The first-order chi connectivity index (χ1) is 35.6. The second-order valence-electron chi connectivity index (χ2n) is 19.2. The van der Waals surface area contributed by atoms with E-state index in [1.807, 2.05) is 0 Å². The predicted octanol–water partition coefficient (Wildman–Crippen LogP) is 14.3. The molecule has 0 spiro atoms. The molecule has 1 saturated heterocycles. The Morgan fingerprint density at radius 3 is 1.38 bits per heavy atom. The number of carbonyl (C=O) groups is 4. The topological polar surface area (TPSA) is 175 Å². The fourth-order valence-corrected chi connectivity index (χ4v) is 8.02. The van der Waals surface area contributed by atoms with Crippen LogP contribution in [0.25, 0.3) is 0 Å². The van der Waals surface area contributed by atoms with Crippen LogP contribution in [0, 0.1) is 0 Å². The highest BCUT2D eigenvalue weighted by Gasteiger charge is 2.50. The molecule has 0 radical (unpaired) electrons. The summed E-state index contributed by atoms with van der Waals surface area (Å²) in [7, 11) is 0. The molecule has 1 aliphatic heterocycles. The quantitative estimate of drug-likeness (QED) is 0.0228. The van der Waals surface area contributed by atoms with E-state index in [1.165, 1.54) is 12.8 Å². The molecule has 0 aliphatic carbocycles. The number of rotatable bonds is 47. The zero-order valence-corrected chi connectivity index (χ0v) is 45.6. The molecule has 73 heavy (non-hydrogen) atoms. The van der Waals surface area contributed by atoms with Crippen molar-refractivity contribution in [2.45, 2.75) is 263 Å². The summed E-state index contributed by atoms with van der Waals surface area (Å²) in [6, 6.07) is 0. The van der Waals surface area contributed by atoms with E-state index >= 15 is 0 Å². The molecule has 1 aliphatic rings. The number of unbranched alkanes of at least 4 members (excludes halogenated alkanes) is 19. The fraction of sp³-hybridized carbons (Fsp3) is 0.705. The summed E-state index contributed by atoms with van der Waals surface area (Å²) in [5.74, 6) is -3.17. The van der Waals surface area contributed by atoms with E-state index in [9.17, 15) is 34.5 Å². The van der Waals surface area contributed by atoms with Gasteiger partial charge in [-0.1, -0.05) is 189 Å². The van der Waals surface area contributed by atoms with E-state index in [0.29, 0.717) is 19.3 Å². The van der Waals surface area contributed by atoms with E-state index in [0.717, 1.165) is 154 Å². The maximum Gasteiger partial charge on any atom is 0.335 e. The average Bonchev–Trinajstić information content (AvgIpc) is 3.37. The minimum atomic E-state index is -1.91. The average molecular weight is 1030 g/mol. The van der Waals surface area contributed by atoms with E-state index in [4.69, 9.17) is 23.7 Å². The summed E-state index contributed by atoms with van der Waals surface area (Å²) in [4.78, 5) is 51.0. The maximum absolute atomic E-state index is 13.1. The van der Waals surface area contributed by atoms with Gasteiger partial charge in [-0.2, -0.15) is 0 Å². The second kappa shape index (κ2) is 48.8. The molecule has 0 aromatic heterocycles. The lowest BCUT2D eigenvalue weighted by Gasteiger charge is -2.40. The summed E-state index contributed by atoms with van der Waals surface area (Å²) in [6.45, 7) is 5.73. The van der Waals surface area contributed by atoms with Crippen LogP contribution in [0.1, 0.15) is 226 Å². The van der Waals surface area contributed by atoms with Gasteiger partial charge in [0.2, 0.25) is 0 Å². The minimum absolute atomic E-state index is 0.0439. The number of carbonyl (C=O) groups excluding carboxylic acids is 3. The molecule has 1 fully saturated rings. The third kappa shape index (κ3) is 39.0. The number of carboxylic acid groups (broad SMARTS) is 1. The van der Waals surface area contributed by atoms with Crippen LogP contribution in [0.2, 0.25) is 0 Å². The molecule has 0 bridgehead atoms. The van der Waals surface area contributed by atoms with Crippen molar-refractivity contribution in [3.05, 3.63) is 85.1 Å². The summed E-state index contributed by atoms with van der Waals surface area (Å²) >= 11 is 0. The van der Waals surface area contributed by atoms with Crippen LogP contribution in [0.4, 0.5) is 0 Å². The SMILES string of the molecule is CC/C=C\C/C=C\C/C=C\C/C=C\CCCCCCCCC(=O)OCC(COC1OC(C(=O)O)C(O)C(O)C1OC(=O)CCCCCCC/C=C\CCCC)OC(=O)CCCCCCC/C=C\C/C=C\CCC. The lowest BCUT2D eigenvalue weighted by molar-refractivity contribution is -0.301. The van der Waals surface area contributed by atoms with Gasteiger partial charge in [0.25, 0.3) is 0 Å². The smallest absolute Gasteiger partial charge is 0.335 e. The van der Waals surface area contributed by atoms with Gasteiger partial charge in [0, 0.05) is 19.3 Å². The standard InChI is InChI=1S/C61H100O12/c1-4-7-10-13-16-19-22-24-25-26-27-28-29-31-33-35-38-41-44-47-53(62)69-50-52(71-54(63)48-45-42-39-37-34-30-23-20-17-14-11-8-5-2)51-70-61-59(57(66)56(65)58(73-61)60(67)68)72-55(64)49-46-43-40-36-32-21-18-15-12-9-6-3/h7,10-11,14-16,18-20,23-25,27-28,52,56-59,61,65-66H,4-6,8-9,12-13,17,21-22,26,29-51H2,1-3H3,(H,67,68)/b10-7-,14-11-,18-15-,19-16-,23-20-,25-24-,28-27-. The molecule has 12 heteroatoms. The summed E-state index contributed by atoms with van der Waals surface area (Å²) in [6.07, 6.45) is 49.9. The van der Waals surface area contributed by atoms with Crippen molar-refractivity contribution < 1.29 is 58.2 Å². The minimum Gasteiger partial charge on any atom is -0.479 e. The van der Waals surface area contributed by atoms with Crippen LogP contribution >= 0.6 is 0 Å². The number of allylic oxidation sites excluding steroid dienone is 14. The highest BCUT2D eigenvalue weighted by molar-refractivity contribution is 5.74. The van der Waals surface area contributed by atoms with Gasteiger partial charge in [-0.05, 0) is 103 Å². The number of ether oxygens (including phenoxy) is 5. The number of aliphatic hydroxyl groups excluding tert-OH is 2. The van der Waals surface area contributed by atoms with Gasteiger partial charge >= 0.3 is 23.9 Å². The molecule has 3 N–H and O–H groups in total. The molecule has 0 aromatic carbocycles. The van der Waals surface area contributed by atoms with Crippen molar-refractivity contribution in [1.82, 2.24) is 0 Å². The maximum atomic E-state index is 13.1. The Morgan fingerprint density at radius 2 is 0.890 bits per heavy atom. The number of carboxylic acids is 1. The Kier molecular flexibility index (Phi) is 44.7.